The van der Waals surface area contributed by atoms with Gasteiger partial charge in [0, 0.05) is 23.3 Å². The van der Waals surface area contributed by atoms with Crippen molar-refractivity contribution in [1.82, 2.24) is 0 Å². The van der Waals surface area contributed by atoms with Gasteiger partial charge >= 0.3 is 5.97 Å². The molecule has 0 fully saturated rings. The summed E-state index contributed by atoms with van der Waals surface area (Å²) in [4.78, 5) is 23.2. The van der Waals surface area contributed by atoms with Gasteiger partial charge in [-0.2, -0.15) is 5.26 Å². The highest BCUT2D eigenvalue weighted by Gasteiger charge is 2.33. The molecule has 1 unspecified atom stereocenters. The number of esters is 1. The Balaban J connectivity index is 1.71. The number of nitriles is 1. The lowest BCUT2D eigenvalue weighted by Gasteiger charge is -2.28. The van der Waals surface area contributed by atoms with Gasteiger partial charge in [-0.25, -0.2) is 4.79 Å². The Morgan fingerprint density at radius 2 is 1.89 bits per heavy atom. The van der Waals surface area contributed by atoms with Crippen molar-refractivity contribution in [2.75, 3.05) is 6.61 Å². The van der Waals surface area contributed by atoms with E-state index in [1.807, 2.05) is 31.2 Å². The summed E-state index contributed by atoms with van der Waals surface area (Å²) in [6, 6.07) is 19.7. The van der Waals surface area contributed by atoms with Crippen LogP contribution in [0.15, 0.2) is 78.2 Å². The van der Waals surface area contributed by atoms with Gasteiger partial charge in [0.05, 0.1) is 17.4 Å². The molecule has 1 aliphatic rings. The van der Waals surface area contributed by atoms with Gasteiger partial charge in [0.2, 0.25) is 5.88 Å². The van der Waals surface area contributed by atoms with Gasteiger partial charge in [-0.15, -0.1) is 0 Å². The first-order valence-corrected chi connectivity index (χ1v) is 10.8. The molecule has 0 aromatic heterocycles. The highest BCUT2D eigenvalue weighted by molar-refractivity contribution is 5.95. The van der Waals surface area contributed by atoms with E-state index >= 15 is 0 Å². The molecular formula is C26H21N3O6. The molecule has 1 atom stereocenters. The fourth-order valence-electron chi connectivity index (χ4n) is 3.85. The smallest absolute Gasteiger partial charge is 0.350 e. The SMILES string of the molecule is CCCOc1ccccc1C1C(C#N)=C(N)Oc2cc(OC(=O)c3ccccc3[N+](=O)[O-])ccc21. The van der Waals surface area contributed by atoms with Crippen molar-refractivity contribution >= 4 is 11.7 Å². The van der Waals surface area contributed by atoms with Crippen LogP contribution in [0.2, 0.25) is 0 Å². The number of nitrogens with zero attached hydrogens (tertiary/aromatic N) is 2. The van der Waals surface area contributed by atoms with Crippen LogP contribution in [0.25, 0.3) is 0 Å². The number of carbonyl (C=O) groups is 1. The zero-order chi connectivity index (χ0) is 24.9. The summed E-state index contributed by atoms with van der Waals surface area (Å²) < 4.78 is 17.0. The summed E-state index contributed by atoms with van der Waals surface area (Å²) in [5, 5.41) is 21.1. The molecule has 176 valence electrons. The first kappa shape index (κ1) is 23.3. The van der Waals surface area contributed by atoms with Crippen molar-refractivity contribution in [3.05, 3.63) is 105 Å². The van der Waals surface area contributed by atoms with Crippen LogP contribution in [0.1, 0.15) is 40.7 Å². The van der Waals surface area contributed by atoms with Crippen LogP contribution in [0.4, 0.5) is 5.69 Å². The summed E-state index contributed by atoms with van der Waals surface area (Å²) >= 11 is 0. The van der Waals surface area contributed by atoms with Gasteiger partial charge in [0.25, 0.3) is 5.69 Å². The standard InChI is InChI=1S/C26H21N3O6/c1-2-13-33-22-10-6-4-8-18(22)24-19-12-11-16(14-23(19)35-25(28)20(24)15-27)34-26(30)17-7-3-5-9-21(17)29(31)32/h3-12,14,24H,2,13,28H2,1H3. The van der Waals surface area contributed by atoms with Gasteiger partial charge in [-0.05, 0) is 24.6 Å². The predicted molar refractivity (Wildman–Crippen MR) is 126 cm³/mol. The Hall–Kier alpha value is -4.84. The number of para-hydroxylation sites is 2. The predicted octanol–water partition coefficient (Wildman–Crippen LogP) is 4.82. The minimum absolute atomic E-state index is 0.0718. The molecule has 1 heterocycles. The van der Waals surface area contributed by atoms with Gasteiger partial charge in [-0.3, -0.25) is 10.1 Å². The van der Waals surface area contributed by atoms with E-state index in [0.717, 1.165) is 12.0 Å². The number of benzene rings is 3. The first-order valence-electron chi connectivity index (χ1n) is 10.8. The number of allylic oxidation sites excluding steroid dienone is 1. The van der Waals surface area contributed by atoms with Gasteiger partial charge in [-0.1, -0.05) is 43.3 Å². The average molecular weight is 471 g/mol. The minimum Gasteiger partial charge on any atom is -0.493 e. The minimum atomic E-state index is -0.885. The Kier molecular flexibility index (Phi) is 6.64. The average Bonchev–Trinajstić information content (AvgIpc) is 2.86. The molecule has 0 saturated heterocycles. The fourth-order valence-corrected chi connectivity index (χ4v) is 3.85. The van der Waals surface area contributed by atoms with Gasteiger partial charge in [0.1, 0.15) is 34.5 Å². The zero-order valence-corrected chi connectivity index (χ0v) is 18.8. The van der Waals surface area contributed by atoms with E-state index in [2.05, 4.69) is 6.07 Å². The summed E-state index contributed by atoms with van der Waals surface area (Å²) in [6.07, 6.45) is 0.816. The fraction of sp³-hybridized carbons (Fsp3) is 0.154. The topological polar surface area (TPSA) is 138 Å². The second-order valence-corrected chi connectivity index (χ2v) is 7.67. The molecule has 4 rings (SSSR count). The number of hydrogen-bond donors (Lipinski definition) is 1. The van der Waals surface area contributed by atoms with Crippen LogP contribution in [-0.2, 0) is 0 Å². The second kappa shape index (κ2) is 9.97. The monoisotopic (exact) mass is 471 g/mol. The van der Waals surface area contributed by atoms with Crippen molar-refractivity contribution < 1.29 is 23.9 Å². The van der Waals surface area contributed by atoms with E-state index in [9.17, 15) is 20.2 Å². The highest BCUT2D eigenvalue weighted by Crippen LogP contribution is 2.46. The quantitative estimate of drug-likeness (QED) is 0.224. The third-order valence-electron chi connectivity index (χ3n) is 5.41. The summed E-state index contributed by atoms with van der Waals surface area (Å²) in [5.74, 6) is -0.489. The maximum absolute atomic E-state index is 12.6. The molecule has 3 aromatic carbocycles. The van der Waals surface area contributed by atoms with Crippen molar-refractivity contribution in [3.8, 4) is 23.3 Å². The van der Waals surface area contributed by atoms with Crippen LogP contribution in [0.3, 0.4) is 0 Å². The number of fused-ring (bicyclic) bond motifs is 1. The Labute approximate surface area is 201 Å². The Morgan fingerprint density at radius 1 is 1.14 bits per heavy atom. The maximum atomic E-state index is 12.6. The van der Waals surface area contributed by atoms with E-state index < -0.39 is 16.8 Å². The number of hydrogen-bond acceptors (Lipinski definition) is 8. The zero-order valence-electron chi connectivity index (χ0n) is 18.8. The van der Waals surface area contributed by atoms with E-state index in [1.54, 1.807) is 6.07 Å². The lowest BCUT2D eigenvalue weighted by molar-refractivity contribution is -0.385. The van der Waals surface area contributed by atoms with Crippen LogP contribution in [0, 0.1) is 21.4 Å². The molecule has 0 aliphatic carbocycles. The summed E-state index contributed by atoms with van der Waals surface area (Å²) in [7, 11) is 0. The largest absolute Gasteiger partial charge is 0.493 e. The van der Waals surface area contributed by atoms with E-state index in [-0.39, 0.29) is 28.5 Å². The second-order valence-electron chi connectivity index (χ2n) is 7.67. The number of carbonyl (C=O) groups excluding carboxylic acids is 1. The number of nitrogens with two attached hydrogens (primary N) is 1. The molecule has 1 aliphatic heterocycles. The maximum Gasteiger partial charge on any atom is 0.350 e. The summed E-state index contributed by atoms with van der Waals surface area (Å²) in [6.45, 7) is 2.51. The van der Waals surface area contributed by atoms with Gasteiger partial charge in [0.15, 0.2) is 0 Å². The molecule has 0 bridgehead atoms. The van der Waals surface area contributed by atoms with Crippen LogP contribution in [0.5, 0.6) is 17.2 Å². The van der Waals surface area contributed by atoms with E-state index in [1.165, 1.54) is 36.4 Å². The molecule has 35 heavy (non-hydrogen) atoms. The highest BCUT2D eigenvalue weighted by atomic mass is 16.6. The van der Waals surface area contributed by atoms with Crippen LogP contribution < -0.4 is 19.9 Å². The lowest BCUT2D eigenvalue weighted by atomic mass is 9.83. The molecule has 0 saturated carbocycles. The summed E-state index contributed by atoms with van der Waals surface area (Å²) in [5.41, 5.74) is 7.16. The molecule has 3 aromatic rings. The lowest BCUT2D eigenvalue weighted by Crippen LogP contribution is -2.21. The Morgan fingerprint density at radius 3 is 2.63 bits per heavy atom. The molecule has 0 spiro atoms. The normalized spacial score (nSPS) is 14.3. The Bertz CT molecular complexity index is 1380. The van der Waals surface area contributed by atoms with E-state index in [4.69, 9.17) is 19.9 Å². The van der Waals surface area contributed by atoms with Gasteiger partial charge < -0.3 is 19.9 Å². The molecule has 0 radical (unpaired) electrons. The van der Waals surface area contributed by atoms with E-state index in [0.29, 0.717) is 23.7 Å². The molecular weight excluding hydrogens is 450 g/mol. The number of nitro benzene ring substituents is 1. The van der Waals surface area contributed by atoms with Crippen LogP contribution >= 0.6 is 0 Å². The molecule has 9 heteroatoms. The van der Waals surface area contributed by atoms with Crippen molar-refractivity contribution in [2.45, 2.75) is 19.3 Å². The molecule has 2 N–H and O–H groups in total. The molecule has 9 nitrogen and oxygen atoms in total. The third-order valence-corrected chi connectivity index (χ3v) is 5.41. The number of rotatable bonds is 7. The van der Waals surface area contributed by atoms with Crippen molar-refractivity contribution in [2.24, 2.45) is 5.73 Å². The molecule has 0 amide bonds. The third kappa shape index (κ3) is 4.63. The number of nitro groups is 1. The first-order chi connectivity index (χ1) is 16.9. The van der Waals surface area contributed by atoms with Crippen LogP contribution in [-0.4, -0.2) is 17.5 Å². The van der Waals surface area contributed by atoms with Crippen molar-refractivity contribution in [3.63, 3.8) is 0 Å². The number of ether oxygens (including phenoxy) is 3. The van der Waals surface area contributed by atoms with Crippen molar-refractivity contribution in [1.29, 1.82) is 5.26 Å².